The van der Waals surface area contributed by atoms with Crippen LogP contribution in [0.1, 0.15) is 33.9 Å². The molecule has 1 heterocycles. The number of ether oxygens (including phenoxy) is 1. The molecule has 1 atom stereocenters. The standard InChI is InChI=1S/C19H20N2O3/c1-13-6-2-3-7-14(13)19(23)20-12-18(22)21-16-10-11-24-17-9-5-4-8-15(16)17/h2-9,16H,10-12H2,1H3,(H,20,23)(H,21,22). The molecule has 0 aliphatic carbocycles. The summed E-state index contributed by atoms with van der Waals surface area (Å²) in [6.45, 7) is 2.39. The van der Waals surface area contributed by atoms with Crippen molar-refractivity contribution in [2.75, 3.05) is 13.2 Å². The predicted octanol–water partition coefficient (Wildman–Crippen LogP) is 2.36. The highest BCUT2D eigenvalue weighted by Gasteiger charge is 2.22. The Labute approximate surface area is 141 Å². The first-order chi connectivity index (χ1) is 11.6. The van der Waals surface area contributed by atoms with Gasteiger partial charge in [0.25, 0.3) is 5.91 Å². The van der Waals surface area contributed by atoms with E-state index in [1.807, 2.05) is 43.3 Å². The van der Waals surface area contributed by atoms with Gasteiger partial charge in [0.15, 0.2) is 0 Å². The number of hydrogen-bond acceptors (Lipinski definition) is 3. The van der Waals surface area contributed by atoms with E-state index in [0.29, 0.717) is 18.6 Å². The Bertz CT molecular complexity index is 758. The van der Waals surface area contributed by atoms with E-state index in [4.69, 9.17) is 4.74 Å². The topological polar surface area (TPSA) is 67.4 Å². The lowest BCUT2D eigenvalue weighted by atomic mass is 10.0. The molecule has 0 spiro atoms. The van der Waals surface area contributed by atoms with E-state index in [0.717, 1.165) is 16.9 Å². The first-order valence-electron chi connectivity index (χ1n) is 8.00. The number of rotatable bonds is 4. The van der Waals surface area contributed by atoms with Crippen molar-refractivity contribution in [3.63, 3.8) is 0 Å². The summed E-state index contributed by atoms with van der Waals surface area (Å²) in [6.07, 6.45) is 0.717. The minimum absolute atomic E-state index is 0.0489. The fourth-order valence-electron chi connectivity index (χ4n) is 2.82. The molecule has 1 unspecified atom stereocenters. The molecule has 0 radical (unpaired) electrons. The summed E-state index contributed by atoms with van der Waals surface area (Å²) in [4.78, 5) is 24.3. The lowest BCUT2D eigenvalue weighted by Gasteiger charge is -2.26. The molecule has 0 saturated carbocycles. The molecule has 0 fully saturated rings. The van der Waals surface area contributed by atoms with E-state index in [-0.39, 0.29) is 24.4 Å². The Balaban J connectivity index is 1.57. The van der Waals surface area contributed by atoms with Gasteiger partial charge in [-0.2, -0.15) is 0 Å². The average molecular weight is 324 g/mol. The predicted molar refractivity (Wildman–Crippen MR) is 90.9 cm³/mol. The van der Waals surface area contributed by atoms with Crippen molar-refractivity contribution in [1.82, 2.24) is 10.6 Å². The molecule has 2 aromatic rings. The molecule has 0 aromatic heterocycles. The molecule has 5 nitrogen and oxygen atoms in total. The smallest absolute Gasteiger partial charge is 0.251 e. The first kappa shape index (κ1) is 16.1. The van der Waals surface area contributed by atoms with Crippen LogP contribution in [0.5, 0.6) is 5.75 Å². The molecular weight excluding hydrogens is 304 g/mol. The third kappa shape index (κ3) is 3.56. The number of nitrogens with one attached hydrogen (secondary N) is 2. The van der Waals surface area contributed by atoms with Gasteiger partial charge in [-0.25, -0.2) is 0 Å². The number of para-hydroxylation sites is 1. The van der Waals surface area contributed by atoms with Crippen molar-refractivity contribution < 1.29 is 14.3 Å². The number of amides is 2. The number of fused-ring (bicyclic) bond motifs is 1. The summed E-state index contributed by atoms with van der Waals surface area (Å²) in [6, 6.07) is 14.9. The van der Waals surface area contributed by atoms with Crippen LogP contribution < -0.4 is 15.4 Å². The number of carbonyl (C=O) groups is 2. The minimum Gasteiger partial charge on any atom is -0.493 e. The molecule has 3 rings (SSSR count). The van der Waals surface area contributed by atoms with Crippen LogP contribution in [-0.2, 0) is 4.79 Å². The van der Waals surface area contributed by atoms with E-state index in [9.17, 15) is 9.59 Å². The van der Waals surface area contributed by atoms with Crippen LogP contribution in [0, 0.1) is 6.92 Å². The first-order valence-corrected chi connectivity index (χ1v) is 8.00. The van der Waals surface area contributed by atoms with Gasteiger partial charge in [-0.05, 0) is 24.6 Å². The van der Waals surface area contributed by atoms with E-state index in [1.165, 1.54) is 0 Å². The highest BCUT2D eigenvalue weighted by molar-refractivity contribution is 5.97. The maximum Gasteiger partial charge on any atom is 0.251 e. The molecule has 0 bridgehead atoms. The Morgan fingerprint density at radius 3 is 2.71 bits per heavy atom. The molecule has 24 heavy (non-hydrogen) atoms. The highest BCUT2D eigenvalue weighted by atomic mass is 16.5. The summed E-state index contributed by atoms with van der Waals surface area (Å²) < 4.78 is 5.58. The Morgan fingerprint density at radius 1 is 1.12 bits per heavy atom. The second kappa shape index (κ2) is 7.17. The molecule has 2 N–H and O–H groups in total. The third-order valence-electron chi connectivity index (χ3n) is 4.09. The molecule has 0 saturated heterocycles. The molecule has 2 aromatic carbocycles. The lowest BCUT2D eigenvalue weighted by Crippen LogP contribution is -2.40. The summed E-state index contributed by atoms with van der Waals surface area (Å²) in [5, 5.41) is 5.63. The van der Waals surface area contributed by atoms with Gasteiger partial charge in [0.05, 0.1) is 19.2 Å². The number of hydrogen-bond donors (Lipinski definition) is 2. The van der Waals surface area contributed by atoms with Gasteiger partial charge in [-0.3, -0.25) is 9.59 Å². The van der Waals surface area contributed by atoms with E-state index in [2.05, 4.69) is 10.6 Å². The number of carbonyl (C=O) groups excluding carboxylic acids is 2. The monoisotopic (exact) mass is 324 g/mol. The highest BCUT2D eigenvalue weighted by Crippen LogP contribution is 2.31. The van der Waals surface area contributed by atoms with Gasteiger partial charge in [0.1, 0.15) is 5.75 Å². The Morgan fingerprint density at radius 2 is 1.88 bits per heavy atom. The fourth-order valence-corrected chi connectivity index (χ4v) is 2.82. The Hall–Kier alpha value is -2.82. The van der Waals surface area contributed by atoms with Crippen LogP contribution in [0.25, 0.3) is 0 Å². The fraction of sp³-hybridized carbons (Fsp3) is 0.263. The second-order valence-electron chi connectivity index (χ2n) is 5.79. The van der Waals surface area contributed by atoms with Gasteiger partial charge < -0.3 is 15.4 Å². The van der Waals surface area contributed by atoms with Crippen molar-refractivity contribution in [2.24, 2.45) is 0 Å². The van der Waals surface area contributed by atoms with Gasteiger partial charge in [0.2, 0.25) is 5.91 Å². The van der Waals surface area contributed by atoms with Crippen LogP contribution in [0.4, 0.5) is 0 Å². The Kier molecular flexibility index (Phi) is 4.79. The normalized spacial score (nSPS) is 15.8. The molecular formula is C19H20N2O3. The summed E-state index contributed by atoms with van der Waals surface area (Å²) in [5.74, 6) is 0.354. The quantitative estimate of drug-likeness (QED) is 0.907. The van der Waals surface area contributed by atoms with E-state index < -0.39 is 0 Å². The lowest BCUT2D eigenvalue weighted by molar-refractivity contribution is -0.121. The molecule has 124 valence electrons. The summed E-state index contributed by atoms with van der Waals surface area (Å²) in [5.41, 5.74) is 2.44. The van der Waals surface area contributed by atoms with Crippen LogP contribution in [0.2, 0.25) is 0 Å². The van der Waals surface area contributed by atoms with Gasteiger partial charge in [-0.15, -0.1) is 0 Å². The largest absolute Gasteiger partial charge is 0.493 e. The van der Waals surface area contributed by atoms with Crippen molar-refractivity contribution in [3.8, 4) is 5.75 Å². The third-order valence-corrected chi connectivity index (χ3v) is 4.09. The minimum atomic E-state index is -0.240. The second-order valence-corrected chi connectivity index (χ2v) is 5.79. The van der Waals surface area contributed by atoms with Crippen LogP contribution in [0.3, 0.4) is 0 Å². The van der Waals surface area contributed by atoms with Gasteiger partial charge in [-0.1, -0.05) is 36.4 Å². The summed E-state index contributed by atoms with van der Waals surface area (Å²) >= 11 is 0. The average Bonchev–Trinajstić information content (AvgIpc) is 2.60. The number of aryl methyl sites for hydroxylation is 1. The van der Waals surface area contributed by atoms with Gasteiger partial charge >= 0.3 is 0 Å². The van der Waals surface area contributed by atoms with E-state index >= 15 is 0 Å². The SMILES string of the molecule is Cc1ccccc1C(=O)NCC(=O)NC1CCOc2ccccc21. The van der Waals surface area contributed by atoms with Crippen molar-refractivity contribution in [1.29, 1.82) is 0 Å². The van der Waals surface area contributed by atoms with Crippen LogP contribution >= 0.6 is 0 Å². The zero-order chi connectivity index (χ0) is 16.9. The zero-order valence-electron chi connectivity index (χ0n) is 13.5. The molecule has 2 amide bonds. The molecule has 1 aliphatic heterocycles. The van der Waals surface area contributed by atoms with Crippen LogP contribution in [0.15, 0.2) is 48.5 Å². The van der Waals surface area contributed by atoms with Crippen molar-refractivity contribution >= 4 is 11.8 Å². The van der Waals surface area contributed by atoms with Gasteiger partial charge in [0, 0.05) is 17.5 Å². The van der Waals surface area contributed by atoms with E-state index in [1.54, 1.807) is 12.1 Å². The molecule has 1 aliphatic rings. The van der Waals surface area contributed by atoms with Crippen LogP contribution in [-0.4, -0.2) is 25.0 Å². The maximum absolute atomic E-state index is 12.2. The maximum atomic E-state index is 12.2. The molecule has 5 heteroatoms. The zero-order valence-corrected chi connectivity index (χ0v) is 13.5. The number of benzene rings is 2. The summed E-state index contributed by atoms with van der Waals surface area (Å²) in [7, 11) is 0. The van der Waals surface area contributed by atoms with Crippen molar-refractivity contribution in [3.05, 3.63) is 65.2 Å². The van der Waals surface area contributed by atoms with Crippen molar-refractivity contribution in [2.45, 2.75) is 19.4 Å².